The van der Waals surface area contributed by atoms with Crippen LogP contribution >= 0.6 is 0 Å². The predicted molar refractivity (Wildman–Crippen MR) is 52.4 cm³/mol. The van der Waals surface area contributed by atoms with Gasteiger partial charge in [0, 0.05) is 6.04 Å². The van der Waals surface area contributed by atoms with Crippen molar-refractivity contribution in [3.8, 4) is 0 Å². The zero-order valence-electron chi connectivity index (χ0n) is 7.87. The van der Waals surface area contributed by atoms with Crippen LogP contribution in [0.4, 0.5) is 0 Å². The minimum absolute atomic E-state index is 0.132. The van der Waals surface area contributed by atoms with Gasteiger partial charge in [-0.25, -0.2) is 0 Å². The first-order valence-electron chi connectivity index (χ1n) is 4.51. The highest BCUT2D eigenvalue weighted by atomic mass is 14.7. The summed E-state index contributed by atoms with van der Waals surface area (Å²) < 4.78 is 0. The van der Waals surface area contributed by atoms with E-state index in [1.165, 1.54) is 0 Å². The van der Waals surface area contributed by atoms with Crippen LogP contribution in [0.2, 0.25) is 0 Å². The molecule has 2 atom stereocenters. The molecular weight excluding hydrogens is 152 g/mol. The van der Waals surface area contributed by atoms with E-state index < -0.39 is 0 Å². The molecule has 0 spiro atoms. The summed E-state index contributed by atoms with van der Waals surface area (Å²) >= 11 is 0. The normalized spacial score (nSPS) is 16.5. The van der Waals surface area contributed by atoms with E-state index in [4.69, 9.17) is 22.9 Å². The number of hydrogen-bond acceptors (Lipinski definition) is 4. The maximum absolute atomic E-state index is 5.89. The van der Waals surface area contributed by atoms with Crippen LogP contribution in [0.25, 0.3) is 0 Å². The molecule has 0 aliphatic heterocycles. The molecule has 0 heterocycles. The summed E-state index contributed by atoms with van der Waals surface area (Å²) in [4.78, 5) is 0. The van der Waals surface area contributed by atoms with E-state index in [0.29, 0.717) is 31.5 Å². The summed E-state index contributed by atoms with van der Waals surface area (Å²) in [7, 11) is 0. The molecule has 74 valence electrons. The molecule has 4 heteroatoms. The predicted octanol–water partition coefficient (Wildman–Crippen LogP) is -1.17. The summed E-state index contributed by atoms with van der Waals surface area (Å²) in [5.41, 5.74) is 22.4. The van der Waals surface area contributed by atoms with Crippen molar-refractivity contribution in [1.82, 2.24) is 0 Å². The number of hydrogen-bond donors (Lipinski definition) is 4. The Bertz CT molecular complexity index is 103. The SMILES string of the molecule is CC(CN)C(N)CC(CN)CN. The van der Waals surface area contributed by atoms with Crippen LogP contribution in [-0.2, 0) is 0 Å². The van der Waals surface area contributed by atoms with E-state index in [2.05, 4.69) is 6.92 Å². The van der Waals surface area contributed by atoms with Crippen molar-refractivity contribution in [1.29, 1.82) is 0 Å². The Morgan fingerprint density at radius 1 is 1.00 bits per heavy atom. The van der Waals surface area contributed by atoms with Gasteiger partial charge in [-0.05, 0) is 37.9 Å². The Morgan fingerprint density at radius 3 is 1.83 bits per heavy atom. The lowest BCUT2D eigenvalue weighted by Crippen LogP contribution is -2.38. The van der Waals surface area contributed by atoms with E-state index >= 15 is 0 Å². The fraction of sp³-hybridized carbons (Fsp3) is 1.00. The Balaban J connectivity index is 3.72. The lowest BCUT2D eigenvalue weighted by Gasteiger charge is -2.22. The van der Waals surface area contributed by atoms with E-state index in [1.54, 1.807) is 0 Å². The fourth-order valence-electron chi connectivity index (χ4n) is 1.08. The molecule has 0 aromatic rings. The number of nitrogens with two attached hydrogens (primary N) is 4. The molecule has 0 amide bonds. The van der Waals surface area contributed by atoms with Gasteiger partial charge in [-0.15, -0.1) is 0 Å². The zero-order valence-corrected chi connectivity index (χ0v) is 7.87. The molecule has 0 bridgehead atoms. The van der Waals surface area contributed by atoms with E-state index in [0.717, 1.165) is 6.42 Å². The van der Waals surface area contributed by atoms with Crippen LogP contribution in [0.5, 0.6) is 0 Å². The van der Waals surface area contributed by atoms with Crippen molar-refractivity contribution < 1.29 is 0 Å². The van der Waals surface area contributed by atoms with Crippen LogP contribution in [-0.4, -0.2) is 25.7 Å². The Labute approximate surface area is 74.7 Å². The molecule has 0 radical (unpaired) electrons. The molecule has 8 N–H and O–H groups in total. The quantitative estimate of drug-likeness (QED) is 0.407. The lowest BCUT2D eigenvalue weighted by molar-refractivity contribution is 0.369. The van der Waals surface area contributed by atoms with Crippen LogP contribution in [0.1, 0.15) is 13.3 Å². The zero-order chi connectivity index (χ0) is 9.56. The van der Waals surface area contributed by atoms with Crippen LogP contribution in [0, 0.1) is 11.8 Å². The molecule has 0 fully saturated rings. The molecule has 4 nitrogen and oxygen atoms in total. The van der Waals surface area contributed by atoms with Crippen LogP contribution in [0.3, 0.4) is 0 Å². The average Bonchev–Trinajstić information content (AvgIpc) is 2.12. The van der Waals surface area contributed by atoms with Gasteiger partial charge < -0.3 is 22.9 Å². The Kier molecular flexibility index (Phi) is 6.28. The minimum atomic E-state index is 0.132. The van der Waals surface area contributed by atoms with Gasteiger partial charge in [0.1, 0.15) is 0 Å². The highest BCUT2D eigenvalue weighted by Gasteiger charge is 2.15. The molecule has 0 saturated heterocycles. The van der Waals surface area contributed by atoms with Crippen LogP contribution in [0.15, 0.2) is 0 Å². The van der Waals surface area contributed by atoms with Crippen molar-refractivity contribution in [2.75, 3.05) is 19.6 Å². The summed E-state index contributed by atoms with van der Waals surface area (Å²) in [5.74, 6) is 0.694. The summed E-state index contributed by atoms with van der Waals surface area (Å²) in [6, 6.07) is 0.132. The second-order valence-corrected chi connectivity index (χ2v) is 3.45. The van der Waals surface area contributed by atoms with E-state index in [1.807, 2.05) is 0 Å². The number of rotatable bonds is 6. The summed E-state index contributed by atoms with van der Waals surface area (Å²) in [6.07, 6.45) is 0.880. The van der Waals surface area contributed by atoms with Crippen molar-refractivity contribution >= 4 is 0 Å². The molecule has 0 aliphatic carbocycles. The molecule has 0 rings (SSSR count). The van der Waals surface area contributed by atoms with Gasteiger partial charge in [-0.2, -0.15) is 0 Å². The Morgan fingerprint density at radius 2 is 1.50 bits per heavy atom. The summed E-state index contributed by atoms with van der Waals surface area (Å²) in [5, 5.41) is 0. The standard InChI is InChI=1S/C8H22N4/c1-6(3-9)8(12)2-7(4-10)5-11/h6-8H,2-5,9-12H2,1H3. The van der Waals surface area contributed by atoms with E-state index in [-0.39, 0.29) is 6.04 Å². The first-order chi connectivity index (χ1) is 5.65. The molecule has 0 saturated carbocycles. The van der Waals surface area contributed by atoms with Gasteiger partial charge in [0.15, 0.2) is 0 Å². The van der Waals surface area contributed by atoms with Gasteiger partial charge in [0.05, 0.1) is 0 Å². The first-order valence-corrected chi connectivity index (χ1v) is 4.51. The van der Waals surface area contributed by atoms with Crippen molar-refractivity contribution in [3.63, 3.8) is 0 Å². The lowest BCUT2D eigenvalue weighted by atomic mass is 9.92. The average molecular weight is 174 g/mol. The van der Waals surface area contributed by atoms with Crippen LogP contribution < -0.4 is 22.9 Å². The third-order valence-electron chi connectivity index (χ3n) is 2.37. The van der Waals surface area contributed by atoms with Crippen molar-refractivity contribution in [2.45, 2.75) is 19.4 Å². The smallest absolute Gasteiger partial charge is 0.00801 e. The van der Waals surface area contributed by atoms with Gasteiger partial charge >= 0.3 is 0 Å². The van der Waals surface area contributed by atoms with Gasteiger partial charge in [-0.3, -0.25) is 0 Å². The monoisotopic (exact) mass is 174 g/mol. The third-order valence-corrected chi connectivity index (χ3v) is 2.37. The minimum Gasteiger partial charge on any atom is -0.330 e. The second-order valence-electron chi connectivity index (χ2n) is 3.45. The molecule has 0 aromatic heterocycles. The molecule has 0 aliphatic rings. The maximum Gasteiger partial charge on any atom is 0.00801 e. The largest absolute Gasteiger partial charge is 0.330 e. The van der Waals surface area contributed by atoms with Gasteiger partial charge in [-0.1, -0.05) is 6.92 Å². The molecular formula is C8H22N4. The molecule has 0 aromatic carbocycles. The fourth-order valence-corrected chi connectivity index (χ4v) is 1.08. The van der Waals surface area contributed by atoms with Crippen molar-refractivity contribution in [2.24, 2.45) is 34.8 Å². The second kappa shape index (κ2) is 6.37. The summed E-state index contributed by atoms with van der Waals surface area (Å²) in [6.45, 7) is 3.90. The molecule has 12 heavy (non-hydrogen) atoms. The first kappa shape index (κ1) is 11.8. The highest BCUT2D eigenvalue weighted by molar-refractivity contribution is 4.74. The van der Waals surface area contributed by atoms with E-state index in [9.17, 15) is 0 Å². The topological polar surface area (TPSA) is 104 Å². The van der Waals surface area contributed by atoms with Crippen molar-refractivity contribution in [3.05, 3.63) is 0 Å². The van der Waals surface area contributed by atoms with Gasteiger partial charge in [0.2, 0.25) is 0 Å². The Hall–Kier alpha value is -0.160. The maximum atomic E-state index is 5.89. The van der Waals surface area contributed by atoms with Gasteiger partial charge in [0.25, 0.3) is 0 Å². The third kappa shape index (κ3) is 4.01. The highest BCUT2D eigenvalue weighted by Crippen LogP contribution is 2.08. The molecule has 2 unspecified atom stereocenters.